The van der Waals surface area contributed by atoms with Gasteiger partial charge in [0.15, 0.2) is 5.96 Å². The first-order valence-electron chi connectivity index (χ1n) is 36.8. The van der Waals surface area contributed by atoms with E-state index in [0.29, 0.717) is 36.8 Å². The summed E-state index contributed by atoms with van der Waals surface area (Å²) in [7, 11) is 0. The summed E-state index contributed by atoms with van der Waals surface area (Å²) in [6, 6.07) is -3.92. The van der Waals surface area contributed by atoms with E-state index >= 15 is 0 Å². The lowest BCUT2D eigenvalue weighted by Gasteiger charge is -2.33. The van der Waals surface area contributed by atoms with E-state index in [9.17, 15) is 92.7 Å². The fourth-order valence-electron chi connectivity index (χ4n) is 12.9. The number of unbranched alkanes of at least 4 members (excludes halogenated alkanes) is 1. The lowest BCUT2D eigenvalue weighted by atomic mass is 9.96. The van der Waals surface area contributed by atoms with Crippen molar-refractivity contribution in [3.8, 4) is 5.75 Å². The summed E-state index contributed by atoms with van der Waals surface area (Å²) >= 11 is 3.93. The number of nitrogens with one attached hydrogen (secondary N) is 10. The number of likely N-dealkylation sites (tertiary alicyclic amines) is 3. The number of aliphatic imine (C=N–C) groups is 1. The number of thiol groups is 1. The average molecular weight is 1550 g/mol. The van der Waals surface area contributed by atoms with Crippen molar-refractivity contribution in [2.75, 3.05) is 64.8 Å². The number of guanidine groups is 1. The maximum absolute atomic E-state index is 14.6. The molecular weight excluding hydrogens is 1440 g/mol. The van der Waals surface area contributed by atoms with E-state index in [1.54, 1.807) is 58.0 Å². The van der Waals surface area contributed by atoms with E-state index in [2.05, 4.69) is 70.8 Å². The highest BCUT2D eigenvalue weighted by Crippen LogP contribution is 2.25. The second-order valence-corrected chi connectivity index (χ2v) is 28.2. The number of nitrogens with zero attached hydrogens (tertiary/aromatic N) is 4. The number of aliphatic carboxylic acids is 1. The summed E-state index contributed by atoms with van der Waals surface area (Å²) in [4.78, 5) is 202. The molecule has 0 radical (unpaired) electrons. The van der Waals surface area contributed by atoms with E-state index in [1.807, 2.05) is 0 Å². The van der Waals surface area contributed by atoms with Crippen LogP contribution < -0.4 is 76.1 Å². The summed E-state index contributed by atoms with van der Waals surface area (Å²) in [5, 5.41) is 76.1. The third-order valence-electron chi connectivity index (χ3n) is 19.1. The predicted octanol–water partition coefficient (Wildman–Crippen LogP) is -5.78. The standard InChI is InChI=1S/C71H110N18O19S/c1-5-40(4)57(69(106)89-30-12-19-53(89)64(101)77-34-56(94)78-52(38-109)70(107)108)86-59(96)46(18-11-27-76-71(74)75)80-60(97)47(31-39(2)3)82-66(103)55-21-14-29-88(55)68(105)51(37-92)85-63(100)50(36-91)84-62(99)48(32-41-15-7-6-8-16-41)81-58(95)45(17-9-10-26-72)79-61(98)49(33-42-22-24-43(93)25-23-42)83-65(102)54-20-13-28-87(54)67(104)44(73)35-90/h6-8,15-16,22-25,39-40,44-55,57,90-93,109H,5,9-14,17-21,26-38,72-73H2,1-4H3,(H,77,101)(H,78,94)(H,79,98)(H,80,97)(H,81,95)(H,82,103)(H,83,102)(H,84,99)(H,85,100)(H,86,96)(H,107,108)(H4,74,75,76)/t40-,44-,45-,46-,47-,48-,49-,50-,51-,52-,53-,54-,55-,57-/m0/s1. The van der Waals surface area contributed by atoms with Gasteiger partial charge in [0.2, 0.25) is 76.8 Å². The molecule has 0 saturated carbocycles. The Bertz CT molecular complexity index is 3470. The first-order valence-corrected chi connectivity index (χ1v) is 37.4. The molecule has 109 heavy (non-hydrogen) atoms. The van der Waals surface area contributed by atoms with Crippen molar-refractivity contribution in [3.63, 3.8) is 0 Å². The van der Waals surface area contributed by atoms with Crippen LogP contribution in [0.4, 0.5) is 0 Å². The Kier molecular flexibility index (Phi) is 37.3. The zero-order valence-corrected chi connectivity index (χ0v) is 62.9. The minimum Gasteiger partial charge on any atom is -0.508 e. The molecule has 604 valence electrons. The number of aromatic hydroxyl groups is 1. The van der Waals surface area contributed by atoms with Crippen molar-refractivity contribution >= 4 is 101 Å². The third-order valence-corrected chi connectivity index (χ3v) is 19.4. The molecule has 0 spiro atoms. The van der Waals surface area contributed by atoms with Crippen LogP contribution >= 0.6 is 12.6 Å². The molecule has 0 aromatic heterocycles. The van der Waals surface area contributed by atoms with Gasteiger partial charge in [-0.25, -0.2) is 4.79 Å². The highest BCUT2D eigenvalue weighted by Gasteiger charge is 2.44. The smallest absolute Gasteiger partial charge is 0.327 e. The zero-order valence-electron chi connectivity index (χ0n) is 62.0. The molecule has 2 aromatic rings. The second kappa shape index (κ2) is 45.3. The summed E-state index contributed by atoms with van der Waals surface area (Å²) in [5.41, 5.74) is 23.8. The number of carboxylic acid groups (broad SMARTS) is 1. The number of amides is 13. The molecule has 0 bridgehead atoms. The van der Waals surface area contributed by atoms with E-state index in [4.69, 9.17) is 22.9 Å². The van der Waals surface area contributed by atoms with E-state index in [1.165, 1.54) is 34.1 Å². The number of hydrogen-bond donors (Lipinski definition) is 20. The molecule has 13 amide bonds. The van der Waals surface area contributed by atoms with Gasteiger partial charge in [-0.15, -0.1) is 0 Å². The van der Waals surface area contributed by atoms with Crippen LogP contribution in [0.25, 0.3) is 0 Å². The summed E-state index contributed by atoms with van der Waals surface area (Å²) in [6.45, 7) is 3.98. The van der Waals surface area contributed by atoms with E-state index in [0.717, 1.165) is 4.90 Å². The molecule has 0 unspecified atom stereocenters. The number of benzene rings is 2. The Morgan fingerprint density at radius 1 is 0.532 bits per heavy atom. The molecule has 14 atom stereocenters. The van der Waals surface area contributed by atoms with Crippen LogP contribution in [0.1, 0.15) is 122 Å². The van der Waals surface area contributed by atoms with Crippen LogP contribution in [0.3, 0.4) is 0 Å². The Balaban J connectivity index is 1.31. The number of carbonyl (C=O) groups excluding carboxylic acids is 13. The van der Waals surface area contributed by atoms with Crippen molar-refractivity contribution in [1.29, 1.82) is 0 Å². The number of hydrogen-bond acceptors (Lipinski definition) is 22. The minimum atomic E-state index is -1.85. The number of aliphatic hydroxyl groups excluding tert-OH is 3. The van der Waals surface area contributed by atoms with Crippen molar-refractivity contribution in [2.45, 2.75) is 203 Å². The highest BCUT2D eigenvalue weighted by atomic mass is 32.1. The van der Waals surface area contributed by atoms with Gasteiger partial charge in [0, 0.05) is 44.8 Å². The number of phenolic OH excluding ortho intramolecular Hbond substituents is 1. The topological polar surface area (TPSA) is 587 Å². The molecule has 3 aliphatic heterocycles. The largest absolute Gasteiger partial charge is 0.508 e. The maximum Gasteiger partial charge on any atom is 0.327 e. The maximum atomic E-state index is 14.6. The Morgan fingerprint density at radius 3 is 1.50 bits per heavy atom. The molecule has 23 N–H and O–H groups in total. The fraction of sp³-hybridized carbons (Fsp3) is 0.620. The molecule has 37 nitrogen and oxygen atoms in total. The minimum absolute atomic E-state index is 0.00428. The third kappa shape index (κ3) is 27.7. The van der Waals surface area contributed by atoms with Gasteiger partial charge in [-0.2, -0.15) is 12.6 Å². The fourth-order valence-corrected chi connectivity index (χ4v) is 13.1. The van der Waals surface area contributed by atoms with E-state index < -0.39 is 194 Å². The van der Waals surface area contributed by atoms with Gasteiger partial charge < -0.3 is 116 Å². The first kappa shape index (κ1) is 89.9. The molecule has 3 heterocycles. The molecule has 2 aromatic carbocycles. The SMILES string of the molecule is CC[C@H](C)[C@H](NC(=O)[C@H](CCCN=C(N)N)NC(=O)[C@H](CC(C)C)NC(=O)[C@@H]1CCCN1C(=O)[C@H](CO)NC(=O)[C@H](CO)NC(=O)[C@H](Cc1ccccc1)NC(=O)[C@H](CCCCN)NC(=O)[C@H](Cc1ccc(O)cc1)NC(=O)[C@@H]1CCCN1C(=O)[C@@H](N)CO)C(=O)N1CCC[C@H]1C(=O)NCC(=O)N[C@@H](CS)C(=O)O. The quantitative estimate of drug-likeness (QED) is 0.0127. The van der Waals surface area contributed by atoms with Gasteiger partial charge in [0.25, 0.3) is 0 Å². The lowest BCUT2D eigenvalue weighted by molar-refractivity contribution is -0.144. The molecule has 38 heteroatoms. The average Bonchev–Trinajstić information content (AvgIpc) is 1.77. The van der Waals surface area contributed by atoms with Crippen LogP contribution in [0, 0.1) is 11.8 Å². The molecule has 3 aliphatic rings. The summed E-state index contributed by atoms with van der Waals surface area (Å²) in [6.07, 6.45) is 2.11. The van der Waals surface area contributed by atoms with Crippen molar-refractivity contribution in [3.05, 3.63) is 65.7 Å². The van der Waals surface area contributed by atoms with Gasteiger partial charge >= 0.3 is 5.97 Å². The highest BCUT2D eigenvalue weighted by molar-refractivity contribution is 7.80. The van der Waals surface area contributed by atoms with Crippen LogP contribution in [-0.2, 0) is 80.0 Å². The number of carboxylic acids is 1. The number of carbonyl (C=O) groups is 14. The van der Waals surface area contributed by atoms with Gasteiger partial charge in [-0.3, -0.25) is 67.3 Å². The van der Waals surface area contributed by atoms with Gasteiger partial charge in [-0.05, 0) is 119 Å². The number of aliphatic hydroxyl groups is 3. The number of nitrogens with two attached hydrogens (primary N) is 4. The second-order valence-electron chi connectivity index (χ2n) is 27.8. The van der Waals surface area contributed by atoms with Crippen LogP contribution in [0.15, 0.2) is 59.6 Å². The molecule has 3 fully saturated rings. The number of rotatable bonds is 44. The van der Waals surface area contributed by atoms with Crippen molar-refractivity contribution < 1.29 is 92.7 Å². The Labute approximate surface area is 637 Å². The van der Waals surface area contributed by atoms with Gasteiger partial charge in [-0.1, -0.05) is 76.6 Å². The van der Waals surface area contributed by atoms with Crippen molar-refractivity contribution in [1.82, 2.24) is 67.9 Å². The molecular formula is C71H110N18O19S. The van der Waals surface area contributed by atoms with Crippen LogP contribution in [0.2, 0.25) is 0 Å². The first-order chi connectivity index (χ1) is 51.9. The summed E-state index contributed by atoms with van der Waals surface area (Å²) < 4.78 is 0. The monoisotopic (exact) mass is 1550 g/mol. The van der Waals surface area contributed by atoms with Crippen LogP contribution in [-0.4, -0.2) is 272 Å². The normalized spacial score (nSPS) is 18.4. The molecule has 0 aliphatic carbocycles. The zero-order chi connectivity index (χ0) is 80.6. The Morgan fingerprint density at radius 2 is 0.991 bits per heavy atom. The van der Waals surface area contributed by atoms with Gasteiger partial charge in [0.1, 0.15) is 84.3 Å². The molecule has 3 saturated heterocycles. The van der Waals surface area contributed by atoms with E-state index in [-0.39, 0.29) is 127 Å². The van der Waals surface area contributed by atoms with Gasteiger partial charge in [0.05, 0.1) is 26.4 Å². The number of phenols is 1. The lowest BCUT2D eigenvalue weighted by Crippen LogP contribution is -2.62. The van der Waals surface area contributed by atoms with Crippen LogP contribution in [0.5, 0.6) is 5.75 Å². The molecule has 5 rings (SSSR count). The predicted molar refractivity (Wildman–Crippen MR) is 399 cm³/mol. The summed E-state index contributed by atoms with van der Waals surface area (Å²) in [5.74, 6) is -13.6. The Hall–Kier alpha value is -9.76. The van der Waals surface area contributed by atoms with Crippen molar-refractivity contribution in [2.24, 2.45) is 39.8 Å².